The molecule has 23 heavy (non-hydrogen) atoms. The molecule has 2 aromatic heterocycles. The molecule has 0 aliphatic carbocycles. The summed E-state index contributed by atoms with van der Waals surface area (Å²) in [4.78, 5) is 49.7. The van der Waals surface area contributed by atoms with E-state index in [1.165, 1.54) is 27.0 Å². The number of rotatable bonds is 4. The van der Waals surface area contributed by atoms with Gasteiger partial charge in [-0.15, -0.1) is 0 Å². The minimum absolute atomic E-state index is 0.00390. The molecule has 0 bridgehead atoms. The van der Waals surface area contributed by atoms with Crippen molar-refractivity contribution in [3.8, 4) is 0 Å². The predicted molar refractivity (Wildman–Crippen MR) is 79.2 cm³/mol. The molecule has 0 saturated carbocycles. The van der Waals surface area contributed by atoms with Gasteiger partial charge in [-0.05, 0) is 0 Å². The van der Waals surface area contributed by atoms with E-state index in [1.54, 1.807) is 0 Å². The molecule has 2 aromatic rings. The molecule has 0 saturated heterocycles. The molecule has 2 rings (SSSR count). The van der Waals surface area contributed by atoms with E-state index in [2.05, 4.69) is 30.6 Å². The number of carbonyl (C=O) groups excluding carboxylic acids is 3. The summed E-state index contributed by atoms with van der Waals surface area (Å²) in [6.45, 7) is 3.83. The number of carbonyl (C=O) groups is 3. The normalized spacial score (nSPS) is 10.2. The second-order valence-corrected chi connectivity index (χ2v) is 4.57. The molecule has 0 aliphatic rings. The van der Waals surface area contributed by atoms with Crippen LogP contribution in [-0.4, -0.2) is 37.7 Å². The van der Waals surface area contributed by atoms with Gasteiger partial charge in [-0.2, -0.15) is 9.97 Å². The Morgan fingerprint density at radius 2 is 1.74 bits per heavy atom. The summed E-state index contributed by atoms with van der Waals surface area (Å²) < 4.78 is 4.85. The topological polar surface area (TPSA) is 136 Å². The van der Waals surface area contributed by atoms with Crippen LogP contribution in [0.2, 0.25) is 0 Å². The first kappa shape index (κ1) is 16.2. The molecule has 0 fully saturated rings. The maximum Gasteiger partial charge on any atom is 0.303 e. The molecule has 0 aromatic carbocycles. The van der Waals surface area contributed by atoms with Crippen molar-refractivity contribution in [3.05, 3.63) is 11.9 Å². The minimum Gasteiger partial charge on any atom is -0.459 e. The van der Waals surface area contributed by atoms with E-state index >= 15 is 0 Å². The van der Waals surface area contributed by atoms with E-state index in [0.29, 0.717) is 5.69 Å². The van der Waals surface area contributed by atoms with Gasteiger partial charge in [0.1, 0.15) is 6.61 Å². The highest BCUT2D eigenvalue weighted by atomic mass is 16.5. The van der Waals surface area contributed by atoms with E-state index < -0.39 is 5.97 Å². The Hall–Kier alpha value is -3.17. The van der Waals surface area contributed by atoms with Crippen LogP contribution < -0.4 is 10.6 Å². The van der Waals surface area contributed by atoms with Gasteiger partial charge >= 0.3 is 5.97 Å². The van der Waals surface area contributed by atoms with Crippen molar-refractivity contribution in [2.45, 2.75) is 27.4 Å². The number of anilines is 2. The number of hydrogen-bond donors (Lipinski definition) is 2. The summed E-state index contributed by atoms with van der Waals surface area (Å²) in [6.07, 6.45) is 1.38. The Balaban J connectivity index is 2.48. The monoisotopic (exact) mass is 318 g/mol. The first-order valence-corrected chi connectivity index (χ1v) is 6.57. The molecule has 0 aliphatic heterocycles. The summed E-state index contributed by atoms with van der Waals surface area (Å²) in [7, 11) is 0. The van der Waals surface area contributed by atoms with Crippen molar-refractivity contribution >= 4 is 40.7 Å². The van der Waals surface area contributed by atoms with Crippen LogP contribution >= 0.6 is 0 Å². The fourth-order valence-electron chi connectivity index (χ4n) is 1.66. The molecule has 120 valence electrons. The number of nitrogens with one attached hydrogen (secondary N) is 2. The van der Waals surface area contributed by atoms with Crippen molar-refractivity contribution < 1.29 is 19.1 Å². The van der Waals surface area contributed by atoms with Crippen molar-refractivity contribution in [1.29, 1.82) is 0 Å². The number of nitrogens with zero attached hydrogens (tertiary/aromatic N) is 4. The Kier molecular flexibility index (Phi) is 4.74. The zero-order chi connectivity index (χ0) is 17.0. The van der Waals surface area contributed by atoms with Gasteiger partial charge in [-0.3, -0.25) is 19.7 Å². The maximum absolute atomic E-state index is 11.3. The lowest BCUT2D eigenvalue weighted by atomic mass is 10.4. The Morgan fingerprint density at radius 1 is 1.04 bits per heavy atom. The molecule has 0 spiro atoms. The molecule has 0 atom stereocenters. The van der Waals surface area contributed by atoms with E-state index in [-0.39, 0.29) is 41.4 Å². The highest BCUT2D eigenvalue weighted by Crippen LogP contribution is 2.19. The van der Waals surface area contributed by atoms with Crippen LogP contribution in [0.4, 0.5) is 11.8 Å². The number of amides is 2. The third kappa shape index (κ3) is 4.40. The fraction of sp³-hybridized carbons (Fsp3) is 0.308. The minimum atomic E-state index is -0.453. The number of esters is 1. The summed E-state index contributed by atoms with van der Waals surface area (Å²) in [6, 6.07) is 0. The largest absolute Gasteiger partial charge is 0.459 e. The standard InChI is InChI=1S/C13H14N6O4/c1-6(20)15-12-10-11(18-13(19-12)16-7(2)21)14-4-9(17-10)5-23-8(3)22/h4H,5H2,1-3H3,(H2,14,15,16,18,19,20,21). The van der Waals surface area contributed by atoms with Crippen LogP contribution in [0.5, 0.6) is 0 Å². The Morgan fingerprint density at radius 3 is 2.35 bits per heavy atom. The Labute approximate surface area is 130 Å². The second kappa shape index (κ2) is 6.73. The number of ether oxygens (including phenoxy) is 1. The summed E-state index contributed by atoms with van der Waals surface area (Å²) in [5, 5.41) is 4.92. The summed E-state index contributed by atoms with van der Waals surface area (Å²) >= 11 is 0. The molecule has 0 radical (unpaired) electrons. The van der Waals surface area contributed by atoms with Gasteiger partial charge in [0.2, 0.25) is 17.8 Å². The van der Waals surface area contributed by atoms with Gasteiger partial charge < -0.3 is 10.1 Å². The highest BCUT2D eigenvalue weighted by molar-refractivity contribution is 5.96. The number of fused-ring (bicyclic) bond motifs is 1. The van der Waals surface area contributed by atoms with Gasteiger partial charge in [-0.1, -0.05) is 0 Å². The lowest BCUT2D eigenvalue weighted by Gasteiger charge is -2.09. The third-order valence-corrected chi connectivity index (χ3v) is 2.46. The second-order valence-electron chi connectivity index (χ2n) is 4.57. The van der Waals surface area contributed by atoms with Gasteiger partial charge in [-0.25, -0.2) is 9.97 Å². The van der Waals surface area contributed by atoms with E-state index in [1.807, 2.05) is 0 Å². The maximum atomic E-state index is 11.3. The fourth-order valence-corrected chi connectivity index (χ4v) is 1.66. The van der Waals surface area contributed by atoms with Crippen LogP contribution in [0.1, 0.15) is 26.5 Å². The number of hydrogen-bond acceptors (Lipinski definition) is 8. The molecule has 0 unspecified atom stereocenters. The quantitative estimate of drug-likeness (QED) is 0.773. The van der Waals surface area contributed by atoms with Crippen LogP contribution in [-0.2, 0) is 25.7 Å². The van der Waals surface area contributed by atoms with Crippen molar-refractivity contribution in [2.24, 2.45) is 0 Å². The number of aromatic nitrogens is 4. The summed E-state index contributed by atoms with van der Waals surface area (Å²) in [5.41, 5.74) is 0.771. The SMILES string of the molecule is CC(=O)Nc1nc(NC(C)=O)c2nc(COC(C)=O)cnc2n1. The molecular weight excluding hydrogens is 304 g/mol. The van der Waals surface area contributed by atoms with Crippen LogP contribution in [0.25, 0.3) is 11.2 Å². The van der Waals surface area contributed by atoms with Gasteiger partial charge in [0.15, 0.2) is 17.0 Å². The van der Waals surface area contributed by atoms with Crippen LogP contribution in [0, 0.1) is 0 Å². The average Bonchev–Trinajstić information content (AvgIpc) is 2.44. The van der Waals surface area contributed by atoms with E-state index in [9.17, 15) is 14.4 Å². The third-order valence-electron chi connectivity index (χ3n) is 2.46. The predicted octanol–water partition coefficient (Wildman–Crippen LogP) is 0.400. The highest BCUT2D eigenvalue weighted by Gasteiger charge is 2.13. The van der Waals surface area contributed by atoms with Crippen molar-refractivity contribution in [2.75, 3.05) is 10.6 Å². The lowest BCUT2D eigenvalue weighted by Crippen LogP contribution is -2.14. The van der Waals surface area contributed by atoms with Crippen LogP contribution in [0.3, 0.4) is 0 Å². The Bertz CT molecular complexity index is 791. The van der Waals surface area contributed by atoms with E-state index in [0.717, 1.165) is 0 Å². The first-order chi connectivity index (χ1) is 10.8. The van der Waals surface area contributed by atoms with Crippen molar-refractivity contribution in [3.63, 3.8) is 0 Å². The van der Waals surface area contributed by atoms with Gasteiger partial charge in [0.25, 0.3) is 0 Å². The smallest absolute Gasteiger partial charge is 0.303 e. The van der Waals surface area contributed by atoms with Gasteiger partial charge in [0.05, 0.1) is 11.9 Å². The zero-order valence-electron chi connectivity index (χ0n) is 12.7. The average molecular weight is 318 g/mol. The van der Waals surface area contributed by atoms with Gasteiger partial charge in [0, 0.05) is 20.8 Å². The molecule has 2 heterocycles. The molecule has 10 nitrogen and oxygen atoms in total. The molecular formula is C13H14N6O4. The summed E-state index contributed by atoms with van der Waals surface area (Å²) in [5.74, 6) is -1.09. The zero-order valence-corrected chi connectivity index (χ0v) is 12.7. The lowest BCUT2D eigenvalue weighted by molar-refractivity contribution is -0.142. The first-order valence-electron chi connectivity index (χ1n) is 6.57. The molecule has 2 N–H and O–H groups in total. The van der Waals surface area contributed by atoms with Crippen LogP contribution in [0.15, 0.2) is 6.20 Å². The van der Waals surface area contributed by atoms with E-state index in [4.69, 9.17) is 4.74 Å². The molecule has 2 amide bonds. The van der Waals surface area contributed by atoms with Crippen molar-refractivity contribution in [1.82, 2.24) is 19.9 Å². The molecule has 10 heteroatoms.